The van der Waals surface area contributed by atoms with E-state index < -0.39 is 0 Å². The fourth-order valence-electron chi connectivity index (χ4n) is 3.91. The molecule has 0 bridgehead atoms. The second-order valence-corrected chi connectivity index (χ2v) is 7.51. The molecule has 0 atom stereocenters. The van der Waals surface area contributed by atoms with Gasteiger partial charge >= 0.3 is 70.2 Å². The predicted octanol–water partition coefficient (Wildman–Crippen LogP) is -1.72. The topological polar surface area (TPSA) is 74.4 Å². The van der Waals surface area contributed by atoms with Crippen molar-refractivity contribution in [3.8, 4) is 22.8 Å². The van der Waals surface area contributed by atoms with Crippen LogP contribution in [-0.4, -0.2) is 0 Å². The van der Waals surface area contributed by atoms with Crippen molar-refractivity contribution in [2.75, 3.05) is 0 Å². The smallest absolute Gasteiger partial charge is 0.872 e. The zero-order chi connectivity index (χ0) is 21.9. The van der Waals surface area contributed by atoms with Gasteiger partial charge in [-0.1, -0.05) is 66.4 Å². The first-order chi connectivity index (χ1) is 15.7. The molecule has 4 nitrogen and oxygen atoms in total. The number of pyridine rings is 2. The van der Waals surface area contributed by atoms with Crippen molar-refractivity contribution in [2.24, 2.45) is 0 Å². The zero-order valence-corrected chi connectivity index (χ0v) is 22.3. The van der Waals surface area contributed by atoms with Crippen molar-refractivity contribution in [1.82, 2.24) is 0 Å². The summed E-state index contributed by atoms with van der Waals surface area (Å²) in [5, 5.41) is 27.7. The number of para-hydroxylation sites is 2. The first-order valence-electron chi connectivity index (χ1n) is 10.4. The largest absolute Gasteiger partial charge is 1.00 e. The molecular weight excluding hydrogens is 442 g/mol. The third-order valence-corrected chi connectivity index (χ3v) is 5.48. The molecule has 2 aromatic heterocycles. The summed E-state index contributed by atoms with van der Waals surface area (Å²) in [6.45, 7) is 0. The number of rotatable bonds is 1. The van der Waals surface area contributed by atoms with E-state index in [1.165, 1.54) is 0 Å². The van der Waals surface area contributed by atoms with Crippen LogP contribution < -0.4 is 90.4 Å². The van der Waals surface area contributed by atoms with Gasteiger partial charge in [0.05, 0.1) is 5.39 Å². The van der Waals surface area contributed by atoms with Crippen LogP contribution in [0.25, 0.3) is 43.8 Å². The molecule has 34 heavy (non-hydrogen) atoms. The van der Waals surface area contributed by atoms with Crippen LogP contribution in [0.2, 0.25) is 0 Å². The van der Waals surface area contributed by atoms with E-state index in [1.54, 1.807) is 24.4 Å². The average Bonchev–Trinajstić information content (AvgIpc) is 2.85. The molecule has 0 saturated heterocycles. The molecule has 0 amide bonds. The van der Waals surface area contributed by atoms with Crippen molar-refractivity contribution in [1.29, 1.82) is 0 Å². The van der Waals surface area contributed by atoms with E-state index in [-0.39, 0.29) is 81.7 Å². The summed E-state index contributed by atoms with van der Waals surface area (Å²) in [5.41, 5.74) is 3.28. The van der Waals surface area contributed by atoms with E-state index >= 15 is 0 Å². The third kappa shape index (κ3) is 5.54. The molecule has 0 aliphatic heterocycles. The summed E-state index contributed by atoms with van der Waals surface area (Å²) < 4.78 is 0. The maximum absolute atomic E-state index is 11.8. The minimum atomic E-state index is 0. The zero-order valence-electron chi connectivity index (χ0n) is 19.2. The molecule has 0 fully saturated rings. The van der Waals surface area contributed by atoms with E-state index in [2.05, 4.69) is 9.97 Å². The van der Waals surface area contributed by atoms with Gasteiger partial charge in [-0.05, 0) is 40.8 Å². The Hall–Kier alpha value is -2.21. The number of fused-ring (bicyclic) bond motifs is 4. The second-order valence-electron chi connectivity index (χ2n) is 7.51. The van der Waals surface area contributed by atoms with Gasteiger partial charge in [0.1, 0.15) is 0 Å². The monoisotopic (exact) mass is 462 g/mol. The number of aromatic amines is 2. The molecule has 154 valence electrons. The quantitative estimate of drug-likeness (QED) is 0.216. The Morgan fingerprint density at radius 2 is 1.26 bits per heavy atom. The van der Waals surface area contributed by atoms with Gasteiger partial charge in [-0.15, -0.1) is 0 Å². The van der Waals surface area contributed by atoms with Gasteiger partial charge in [0.2, 0.25) is 16.7 Å². The molecule has 2 N–H and O–H groups in total. The summed E-state index contributed by atoms with van der Waals surface area (Å²) in [6, 6.07) is 32.5. The molecule has 0 aliphatic carbocycles. The van der Waals surface area contributed by atoms with Crippen LogP contribution in [0.5, 0.6) is 11.5 Å². The number of hydrogen-bond donors (Lipinski definition) is 0. The van der Waals surface area contributed by atoms with Gasteiger partial charge < -0.3 is 10.2 Å². The maximum Gasteiger partial charge on any atom is 1.00 e. The van der Waals surface area contributed by atoms with E-state index in [0.29, 0.717) is 11.1 Å². The number of benzene rings is 4. The average molecular weight is 463 g/mol. The Bertz CT molecular complexity index is 1570. The van der Waals surface area contributed by atoms with Crippen LogP contribution in [0.3, 0.4) is 0 Å². The summed E-state index contributed by atoms with van der Waals surface area (Å²) in [4.78, 5) is 6.28. The summed E-state index contributed by atoms with van der Waals surface area (Å²) in [6.07, 6.45) is 1.78. The van der Waals surface area contributed by atoms with Crippen LogP contribution >= 0.6 is 0 Å². The fourth-order valence-corrected chi connectivity index (χ4v) is 3.91. The Morgan fingerprint density at radius 3 is 2.09 bits per heavy atom. The van der Waals surface area contributed by atoms with Gasteiger partial charge in [-0.3, -0.25) is 0 Å². The van der Waals surface area contributed by atoms with E-state index in [0.717, 1.165) is 32.8 Å². The minimum Gasteiger partial charge on any atom is -0.872 e. The molecule has 0 radical (unpaired) electrons. The van der Waals surface area contributed by atoms with Crippen molar-refractivity contribution < 1.29 is 90.4 Å². The Kier molecular flexibility index (Phi) is 9.29. The van der Waals surface area contributed by atoms with Gasteiger partial charge in [0, 0.05) is 29.1 Å². The fraction of sp³-hybridized carbons (Fsp3) is 0. The Balaban J connectivity index is 0.000000181. The van der Waals surface area contributed by atoms with E-state index in [4.69, 9.17) is 0 Å². The molecule has 0 unspecified atom stereocenters. The third-order valence-electron chi connectivity index (χ3n) is 5.48. The van der Waals surface area contributed by atoms with Crippen LogP contribution in [0.4, 0.5) is 0 Å². The van der Waals surface area contributed by atoms with E-state index in [9.17, 15) is 10.2 Å². The Morgan fingerprint density at radius 1 is 0.588 bits per heavy atom. The van der Waals surface area contributed by atoms with Gasteiger partial charge in [-0.2, -0.15) is 0 Å². The first kappa shape index (κ1) is 26.4. The summed E-state index contributed by atoms with van der Waals surface area (Å²) in [7, 11) is 0. The standard InChI is InChI=1S/C15H11NO.C13H9NO.K.Li/c17-15-8-4-2-6-12(15)14-10-9-11-5-1-3-7-13(11)16-14;15-12-8-9-4-1-2-5-10(9)11-6-3-7-14-13(11)12;;/h1-10,17H;1-8,15H;;/q;;2*+1. The molecule has 0 saturated carbocycles. The van der Waals surface area contributed by atoms with Crippen molar-refractivity contribution in [3.05, 3.63) is 109 Å². The molecule has 6 aromatic rings. The molecule has 0 aliphatic rings. The number of nitrogens with one attached hydrogen (secondary N) is 2. The molecule has 2 heterocycles. The number of aromatic nitrogens is 2. The molecular formula is C28H20KLiN2O2+2. The van der Waals surface area contributed by atoms with Crippen molar-refractivity contribution >= 4 is 32.6 Å². The maximum atomic E-state index is 11.8. The summed E-state index contributed by atoms with van der Waals surface area (Å²) in [5.74, 6) is 0.0864. The number of hydrogen-bond acceptors (Lipinski definition) is 2. The van der Waals surface area contributed by atoms with Gasteiger partial charge in [0.25, 0.3) is 0 Å². The van der Waals surface area contributed by atoms with Crippen LogP contribution in [0.1, 0.15) is 0 Å². The first-order valence-corrected chi connectivity index (χ1v) is 10.4. The summed E-state index contributed by atoms with van der Waals surface area (Å²) >= 11 is 0. The van der Waals surface area contributed by atoms with Crippen LogP contribution in [0.15, 0.2) is 109 Å². The van der Waals surface area contributed by atoms with E-state index in [1.807, 2.05) is 84.9 Å². The predicted molar refractivity (Wildman–Crippen MR) is 123 cm³/mol. The normalized spacial score (nSPS) is 10.1. The van der Waals surface area contributed by atoms with Gasteiger partial charge in [0.15, 0.2) is 6.20 Å². The van der Waals surface area contributed by atoms with Crippen LogP contribution in [0, 0.1) is 0 Å². The molecule has 0 spiro atoms. The SMILES string of the molecule is [K+].[Li+].[O-]c1cc2ccccc2c2ccc[nH+]c12.[O-]c1ccccc1-c1ccc2ccccc2[nH+]1. The molecule has 6 rings (SSSR count). The molecule has 6 heteroatoms. The Labute approximate surface area is 252 Å². The second kappa shape index (κ2) is 12.0. The van der Waals surface area contributed by atoms with Crippen molar-refractivity contribution in [2.45, 2.75) is 0 Å². The van der Waals surface area contributed by atoms with Crippen LogP contribution in [-0.2, 0) is 0 Å². The number of H-pyrrole nitrogens is 2. The van der Waals surface area contributed by atoms with Gasteiger partial charge in [-0.25, -0.2) is 9.97 Å². The molecule has 4 aromatic carbocycles. The van der Waals surface area contributed by atoms with Crippen molar-refractivity contribution in [3.63, 3.8) is 0 Å². The minimum absolute atomic E-state index is 0.